The number of rotatable bonds is 6. The first-order chi connectivity index (χ1) is 12.1. The van der Waals surface area contributed by atoms with E-state index >= 15 is 0 Å². The summed E-state index contributed by atoms with van der Waals surface area (Å²) in [6.45, 7) is 3.20. The number of nitrogens with zero attached hydrogens (tertiary/aromatic N) is 2. The maximum atomic E-state index is 12.8. The van der Waals surface area contributed by atoms with E-state index in [-0.39, 0.29) is 18.3 Å². The lowest BCUT2D eigenvalue weighted by molar-refractivity contribution is 0.0403. The van der Waals surface area contributed by atoms with Crippen LogP contribution in [0.5, 0.6) is 5.75 Å². The summed E-state index contributed by atoms with van der Waals surface area (Å²) in [6.07, 6.45) is 2.29. The monoisotopic (exact) mass is 348 g/mol. The van der Waals surface area contributed by atoms with Gasteiger partial charge in [0.25, 0.3) is 5.91 Å². The number of aliphatic hydroxyl groups is 1. The van der Waals surface area contributed by atoms with Crippen molar-refractivity contribution in [3.05, 3.63) is 54.2 Å². The van der Waals surface area contributed by atoms with Crippen molar-refractivity contribution in [2.24, 2.45) is 0 Å². The fourth-order valence-corrected chi connectivity index (χ4v) is 2.78. The highest BCUT2D eigenvalue weighted by atomic mass is 19.1. The fourth-order valence-electron chi connectivity index (χ4n) is 2.78. The zero-order valence-electron chi connectivity index (χ0n) is 13.8. The molecule has 7 heteroatoms. The van der Waals surface area contributed by atoms with Crippen LogP contribution in [0.4, 0.5) is 4.39 Å². The first-order valence-corrected chi connectivity index (χ1v) is 8.22. The number of β-amino-alcohol motifs (C(OH)–C–C–N with tert-alkyl or cyclic N) is 1. The number of carbonyl (C=O) groups is 1. The van der Waals surface area contributed by atoms with Crippen molar-refractivity contribution in [1.29, 1.82) is 0 Å². The molecule has 1 fully saturated rings. The van der Waals surface area contributed by atoms with Gasteiger partial charge in [-0.05, 0) is 30.3 Å². The highest BCUT2D eigenvalue weighted by molar-refractivity contribution is 5.93. The molecule has 3 rings (SSSR count). The van der Waals surface area contributed by atoms with Gasteiger partial charge in [0.2, 0.25) is 0 Å². The maximum absolute atomic E-state index is 12.8. The van der Waals surface area contributed by atoms with E-state index < -0.39 is 6.10 Å². The van der Waals surface area contributed by atoms with E-state index in [1.807, 2.05) is 0 Å². The largest absolute Gasteiger partial charge is 0.491 e. The summed E-state index contributed by atoms with van der Waals surface area (Å²) < 4.78 is 23.2. The van der Waals surface area contributed by atoms with Crippen molar-refractivity contribution in [2.45, 2.75) is 6.10 Å². The van der Waals surface area contributed by atoms with Gasteiger partial charge in [-0.1, -0.05) is 0 Å². The Morgan fingerprint density at radius 1 is 1.20 bits per heavy atom. The molecule has 1 aromatic carbocycles. The Kier molecular flexibility index (Phi) is 5.67. The molecule has 25 heavy (non-hydrogen) atoms. The lowest BCUT2D eigenvalue weighted by atomic mass is 10.2. The lowest BCUT2D eigenvalue weighted by Gasteiger charge is -2.35. The van der Waals surface area contributed by atoms with Crippen LogP contribution in [-0.2, 0) is 0 Å². The van der Waals surface area contributed by atoms with Gasteiger partial charge in [-0.3, -0.25) is 9.69 Å². The third-order valence-corrected chi connectivity index (χ3v) is 4.15. The van der Waals surface area contributed by atoms with Gasteiger partial charge >= 0.3 is 0 Å². The Morgan fingerprint density at radius 2 is 1.92 bits per heavy atom. The highest BCUT2D eigenvalue weighted by Gasteiger charge is 2.24. The van der Waals surface area contributed by atoms with Gasteiger partial charge in [-0.15, -0.1) is 0 Å². The van der Waals surface area contributed by atoms with Crippen LogP contribution in [0, 0.1) is 5.82 Å². The quantitative estimate of drug-likeness (QED) is 0.859. The zero-order chi connectivity index (χ0) is 17.6. The van der Waals surface area contributed by atoms with Gasteiger partial charge < -0.3 is 19.2 Å². The van der Waals surface area contributed by atoms with Gasteiger partial charge in [0.15, 0.2) is 0 Å². The van der Waals surface area contributed by atoms with Crippen molar-refractivity contribution in [3.63, 3.8) is 0 Å². The van der Waals surface area contributed by atoms with E-state index in [1.54, 1.807) is 11.0 Å². The van der Waals surface area contributed by atoms with Crippen LogP contribution >= 0.6 is 0 Å². The number of benzene rings is 1. The second kappa shape index (κ2) is 8.13. The molecule has 1 amide bonds. The summed E-state index contributed by atoms with van der Waals surface area (Å²) in [5.41, 5.74) is 0.557. The Morgan fingerprint density at radius 3 is 2.56 bits per heavy atom. The molecular weight excluding hydrogens is 327 g/mol. The molecule has 0 spiro atoms. The van der Waals surface area contributed by atoms with E-state index in [2.05, 4.69) is 4.90 Å². The number of ether oxygens (including phenoxy) is 1. The molecule has 1 aromatic heterocycles. The average molecular weight is 348 g/mol. The Hall–Kier alpha value is -2.38. The minimum atomic E-state index is -0.652. The molecular formula is C18H21FN2O4. The van der Waals surface area contributed by atoms with Crippen molar-refractivity contribution in [3.8, 4) is 5.75 Å². The van der Waals surface area contributed by atoms with Crippen LogP contribution in [0.15, 0.2) is 47.3 Å². The molecule has 2 aromatic rings. The van der Waals surface area contributed by atoms with Crippen LogP contribution in [0.25, 0.3) is 0 Å². The molecule has 1 aliphatic heterocycles. The van der Waals surface area contributed by atoms with Crippen LogP contribution in [-0.4, -0.2) is 66.2 Å². The first kappa shape index (κ1) is 17.4. The van der Waals surface area contributed by atoms with Gasteiger partial charge in [0.05, 0.1) is 11.8 Å². The number of furan rings is 1. The van der Waals surface area contributed by atoms with Crippen LogP contribution < -0.4 is 4.74 Å². The first-order valence-electron chi connectivity index (χ1n) is 8.22. The molecule has 0 saturated carbocycles. The van der Waals surface area contributed by atoms with Gasteiger partial charge in [-0.25, -0.2) is 4.39 Å². The van der Waals surface area contributed by atoms with Crippen molar-refractivity contribution < 1.29 is 23.4 Å². The maximum Gasteiger partial charge on any atom is 0.257 e. The van der Waals surface area contributed by atoms with Gasteiger partial charge in [0.1, 0.15) is 30.5 Å². The van der Waals surface area contributed by atoms with E-state index in [4.69, 9.17) is 9.15 Å². The van der Waals surface area contributed by atoms with Crippen LogP contribution in [0.2, 0.25) is 0 Å². The topological polar surface area (TPSA) is 66.2 Å². The minimum absolute atomic E-state index is 0.0337. The molecule has 0 aliphatic carbocycles. The number of piperazine rings is 1. The molecule has 134 valence electrons. The number of aliphatic hydroxyl groups excluding tert-OH is 1. The Balaban J connectivity index is 1.39. The average Bonchev–Trinajstić information content (AvgIpc) is 3.16. The van der Waals surface area contributed by atoms with Gasteiger partial charge in [0, 0.05) is 32.7 Å². The molecule has 1 atom stereocenters. The van der Waals surface area contributed by atoms with Crippen molar-refractivity contribution in [2.75, 3.05) is 39.3 Å². The number of halogens is 1. The van der Waals surface area contributed by atoms with E-state index in [0.29, 0.717) is 44.0 Å². The molecule has 2 heterocycles. The summed E-state index contributed by atoms with van der Waals surface area (Å²) in [6, 6.07) is 7.35. The Bertz CT molecular complexity index is 667. The van der Waals surface area contributed by atoms with Crippen molar-refractivity contribution >= 4 is 5.91 Å². The van der Waals surface area contributed by atoms with Crippen molar-refractivity contribution in [1.82, 2.24) is 9.80 Å². The molecule has 6 nitrogen and oxygen atoms in total. The third kappa shape index (κ3) is 4.80. The highest BCUT2D eigenvalue weighted by Crippen LogP contribution is 2.12. The summed E-state index contributed by atoms with van der Waals surface area (Å²) in [7, 11) is 0. The summed E-state index contributed by atoms with van der Waals surface area (Å²) in [5.74, 6) is 0.167. The van der Waals surface area contributed by atoms with Crippen LogP contribution in [0.1, 0.15) is 10.4 Å². The standard InChI is InChI=1S/C18H21FN2O4/c19-15-1-3-17(4-2-15)25-13-16(22)11-20-6-8-21(9-7-20)18(23)14-5-10-24-12-14/h1-5,10,12,16,22H,6-9,11,13H2/t16-/m1/s1. The predicted octanol–water partition coefficient (Wildman–Crippen LogP) is 1.62. The van der Waals surface area contributed by atoms with E-state index in [0.717, 1.165) is 0 Å². The number of hydrogen-bond acceptors (Lipinski definition) is 5. The molecule has 0 unspecified atom stereocenters. The normalized spacial score (nSPS) is 16.6. The molecule has 1 saturated heterocycles. The molecule has 0 radical (unpaired) electrons. The smallest absolute Gasteiger partial charge is 0.257 e. The molecule has 1 aliphatic rings. The van der Waals surface area contributed by atoms with Crippen LogP contribution in [0.3, 0.4) is 0 Å². The third-order valence-electron chi connectivity index (χ3n) is 4.15. The second-order valence-corrected chi connectivity index (χ2v) is 6.02. The zero-order valence-corrected chi connectivity index (χ0v) is 13.8. The summed E-state index contributed by atoms with van der Waals surface area (Å²) in [4.78, 5) is 16.1. The molecule has 1 N–H and O–H groups in total. The number of amides is 1. The summed E-state index contributed by atoms with van der Waals surface area (Å²) >= 11 is 0. The SMILES string of the molecule is O=C(c1ccoc1)N1CCN(C[C@@H](O)COc2ccc(F)cc2)CC1. The summed E-state index contributed by atoms with van der Waals surface area (Å²) in [5, 5.41) is 10.1. The lowest BCUT2D eigenvalue weighted by Crippen LogP contribution is -2.50. The Labute approximate surface area is 145 Å². The predicted molar refractivity (Wildman–Crippen MR) is 89.0 cm³/mol. The van der Waals surface area contributed by atoms with E-state index in [1.165, 1.54) is 36.8 Å². The fraction of sp³-hybridized carbons (Fsp3) is 0.389. The second-order valence-electron chi connectivity index (χ2n) is 6.02. The van der Waals surface area contributed by atoms with E-state index in [9.17, 15) is 14.3 Å². The van der Waals surface area contributed by atoms with Gasteiger partial charge in [-0.2, -0.15) is 0 Å². The minimum Gasteiger partial charge on any atom is -0.491 e. The molecule has 0 bridgehead atoms. The number of hydrogen-bond donors (Lipinski definition) is 1. The number of carbonyl (C=O) groups excluding carboxylic acids is 1.